The van der Waals surface area contributed by atoms with Crippen LogP contribution in [0, 0.1) is 6.92 Å². The minimum absolute atomic E-state index is 0.151. The largest absolute Gasteiger partial charge is 0.340 e. The Morgan fingerprint density at radius 3 is 2.62 bits per heavy atom. The Bertz CT molecular complexity index is 1700. The number of aryl methyl sites for hydroxylation is 3. The van der Waals surface area contributed by atoms with Gasteiger partial charge in [-0.2, -0.15) is 0 Å². The van der Waals surface area contributed by atoms with Crippen molar-refractivity contribution in [2.24, 2.45) is 7.05 Å². The molecule has 1 aliphatic heterocycles. The van der Waals surface area contributed by atoms with Crippen LogP contribution in [-0.2, 0) is 26.4 Å². The predicted octanol–water partition coefficient (Wildman–Crippen LogP) is 5.46. The zero-order chi connectivity index (χ0) is 27.6. The van der Waals surface area contributed by atoms with Crippen LogP contribution in [0.1, 0.15) is 29.3 Å². The summed E-state index contributed by atoms with van der Waals surface area (Å²) in [6, 6.07) is 14.1. The number of nitrogens with one attached hydrogen (secondary N) is 1. The van der Waals surface area contributed by atoms with Gasteiger partial charge in [0.2, 0.25) is 0 Å². The Kier molecular flexibility index (Phi) is 6.77. The summed E-state index contributed by atoms with van der Waals surface area (Å²) >= 11 is 0. The van der Waals surface area contributed by atoms with E-state index in [2.05, 4.69) is 52.3 Å². The molecule has 1 aliphatic rings. The second-order valence-corrected chi connectivity index (χ2v) is 10.1. The summed E-state index contributed by atoms with van der Waals surface area (Å²) in [5.41, 5.74) is 9.39. The van der Waals surface area contributed by atoms with Gasteiger partial charge >= 0.3 is 6.03 Å². The van der Waals surface area contributed by atoms with Crippen molar-refractivity contribution < 1.29 is 4.79 Å². The first-order chi connectivity index (χ1) is 19.5. The maximum atomic E-state index is 13.6. The molecular formula is C31H30N8O. The van der Waals surface area contributed by atoms with Crippen molar-refractivity contribution in [1.82, 2.24) is 34.4 Å². The number of hydrogen-bond donors (Lipinski definition) is 1. The van der Waals surface area contributed by atoms with E-state index in [1.54, 1.807) is 18.7 Å². The lowest BCUT2D eigenvalue weighted by Crippen LogP contribution is -2.39. The number of fused-ring (bicyclic) bond motifs is 1. The van der Waals surface area contributed by atoms with Gasteiger partial charge in [0, 0.05) is 61.0 Å². The smallest absolute Gasteiger partial charge is 0.322 e. The van der Waals surface area contributed by atoms with Gasteiger partial charge in [-0.3, -0.25) is 0 Å². The molecule has 0 unspecified atom stereocenters. The van der Waals surface area contributed by atoms with E-state index in [9.17, 15) is 4.79 Å². The SMILES string of the molecule is CCc1cc(NC(=O)N2CCc3nc(-c4cncnc4)nc(-c4ccccc4C)c3C2)cc(-c2cn(C)cn2)c1. The molecule has 9 nitrogen and oxygen atoms in total. The molecule has 2 amide bonds. The van der Waals surface area contributed by atoms with E-state index in [0.717, 1.165) is 62.6 Å². The summed E-state index contributed by atoms with van der Waals surface area (Å²) < 4.78 is 1.92. The van der Waals surface area contributed by atoms with E-state index in [1.165, 1.54) is 6.33 Å². The van der Waals surface area contributed by atoms with E-state index in [4.69, 9.17) is 9.97 Å². The highest BCUT2D eigenvalue weighted by atomic mass is 16.2. The van der Waals surface area contributed by atoms with Crippen LogP contribution in [0.25, 0.3) is 33.9 Å². The van der Waals surface area contributed by atoms with Gasteiger partial charge in [0.15, 0.2) is 5.82 Å². The maximum absolute atomic E-state index is 13.6. The fraction of sp³-hybridized carbons (Fsp3) is 0.226. The van der Waals surface area contributed by atoms with Gasteiger partial charge in [0.05, 0.1) is 35.5 Å². The molecule has 3 aromatic heterocycles. The molecule has 40 heavy (non-hydrogen) atoms. The van der Waals surface area contributed by atoms with Crippen LogP contribution in [0.15, 0.2) is 73.7 Å². The number of benzene rings is 2. The van der Waals surface area contributed by atoms with Gasteiger partial charge in [-0.25, -0.2) is 29.7 Å². The molecule has 0 spiro atoms. The first kappa shape index (κ1) is 25.4. The van der Waals surface area contributed by atoms with Gasteiger partial charge in [-0.05, 0) is 42.7 Å². The first-order valence-electron chi connectivity index (χ1n) is 13.4. The summed E-state index contributed by atoms with van der Waals surface area (Å²) in [5, 5.41) is 3.14. The zero-order valence-corrected chi connectivity index (χ0v) is 22.8. The maximum Gasteiger partial charge on any atom is 0.322 e. The number of nitrogens with zero attached hydrogens (tertiary/aromatic N) is 7. The van der Waals surface area contributed by atoms with Crippen molar-refractivity contribution in [3.8, 4) is 33.9 Å². The third-order valence-corrected chi connectivity index (χ3v) is 7.22. The average Bonchev–Trinajstić information content (AvgIpc) is 3.43. The Labute approximate surface area is 233 Å². The molecule has 5 aromatic rings. The van der Waals surface area contributed by atoms with Crippen molar-refractivity contribution in [1.29, 1.82) is 0 Å². The number of urea groups is 1. The van der Waals surface area contributed by atoms with E-state index in [1.807, 2.05) is 47.0 Å². The number of rotatable bonds is 5. The van der Waals surface area contributed by atoms with Gasteiger partial charge in [0.25, 0.3) is 0 Å². The number of anilines is 1. The Balaban J connectivity index is 1.32. The molecule has 0 saturated carbocycles. The minimum Gasteiger partial charge on any atom is -0.340 e. The minimum atomic E-state index is -0.151. The van der Waals surface area contributed by atoms with Crippen LogP contribution in [-0.4, -0.2) is 47.0 Å². The van der Waals surface area contributed by atoms with Gasteiger partial charge in [0.1, 0.15) is 6.33 Å². The van der Waals surface area contributed by atoms with Gasteiger partial charge in [-0.1, -0.05) is 31.2 Å². The summed E-state index contributed by atoms with van der Waals surface area (Å²) in [6.45, 7) is 5.14. The number of carbonyl (C=O) groups excluding carboxylic acids is 1. The second kappa shape index (κ2) is 10.7. The molecule has 0 atom stereocenters. The van der Waals surface area contributed by atoms with Crippen molar-refractivity contribution in [2.75, 3.05) is 11.9 Å². The Morgan fingerprint density at radius 1 is 1.05 bits per heavy atom. The molecular weight excluding hydrogens is 500 g/mol. The fourth-order valence-electron chi connectivity index (χ4n) is 5.07. The van der Waals surface area contributed by atoms with Crippen LogP contribution in [0.4, 0.5) is 10.5 Å². The zero-order valence-electron chi connectivity index (χ0n) is 22.8. The van der Waals surface area contributed by atoms with E-state index in [-0.39, 0.29) is 6.03 Å². The molecule has 9 heteroatoms. The predicted molar refractivity (Wildman–Crippen MR) is 154 cm³/mol. The average molecular weight is 531 g/mol. The summed E-state index contributed by atoms with van der Waals surface area (Å²) in [4.78, 5) is 38.1. The number of hydrogen-bond acceptors (Lipinski definition) is 6. The summed E-state index contributed by atoms with van der Waals surface area (Å²) in [5.74, 6) is 0.592. The number of imidazole rings is 1. The monoisotopic (exact) mass is 530 g/mol. The molecule has 2 aromatic carbocycles. The van der Waals surface area contributed by atoms with Gasteiger partial charge < -0.3 is 14.8 Å². The van der Waals surface area contributed by atoms with Crippen molar-refractivity contribution >= 4 is 11.7 Å². The van der Waals surface area contributed by atoms with E-state index < -0.39 is 0 Å². The standard InChI is InChI=1S/C31H30N8O/c1-4-21-11-22(28-17-38(3)19-34-28)13-24(12-21)35-31(40)39-10-9-27-26(16-39)29(25-8-6-5-7-20(25)2)37-30(36-27)23-14-32-18-33-15-23/h5-8,11-15,17-19H,4,9-10,16H2,1-3H3,(H,35,40). The fourth-order valence-corrected chi connectivity index (χ4v) is 5.07. The molecule has 1 N–H and O–H groups in total. The molecule has 0 saturated heterocycles. The highest BCUT2D eigenvalue weighted by molar-refractivity contribution is 5.90. The van der Waals surface area contributed by atoms with Crippen LogP contribution in [0.2, 0.25) is 0 Å². The number of carbonyl (C=O) groups is 1. The van der Waals surface area contributed by atoms with Crippen molar-refractivity contribution in [3.05, 3.63) is 96.1 Å². The highest BCUT2D eigenvalue weighted by Gasteiger charge is 2.27. The van der Waals surface area contributed by atoms with Gasteiger partial charge in [-0.15, -0.1) is 0 Å². The second-order valence-electron chi connectivity index (χ2n) is 10.1. The normalized spacial score (nSPS) is 12.7. The molecule has 0 aliphatic carbocycles. The molecule has 0 bridgehead atoms. The Morgan fingerprint density at radius 2 is 1.88 bits per heavy atom. The van der Waals surface area contributed by atoms with Crippen molar-refractivity contribution in [2.45, 2.75) is 33.2 Å². The first-order valence-corrected chi connectivity index (χ1v) is 13.4. The quantitative estimate of drug-likeness (QED) is 0.324. The summed E-state index contributed by atoms with van der Waals surface area (Å²) in [7, 11) is 1.95. The lowest BCUT2D eigenvalue weighted by atomic mass is 9.96. The molecule has 0 radical (unpaired) electrons. The van der Waals surface area contributed by atoms with E-state index >= 15 is 0 Å². The van der Waals surface area contributed by atoms with Crippen LogP contribution in [0.3, 0.4) is 0 Å². The van der Waals surface area contributed by atoms with Crippen LogP contribution in [0.5, 0.6) is 0 Å². The topological polar surface area (TPSA) is 102 Å². The van der Waals surface area contributed by atoms with Crippen LogP contribution < -0.4 is 5.32 Å². The third-order valence-electron chi connectivity index (χ3n) is 7.22. The highest BCUT2D eigenvalue weighted by Crippen LogP contribution is 2.33. The number of amides is 2. The Hall–Kier alpha value is -4.92. The van der Waals surface area contributed by atoms with E-state index in [0.29, 0.717) is 25.3 Å². The molecule has 4 heterocycles. The molecule has 6 rings (SSSR count). The molecule has 0 fully saturated rings. The lowest BCUT2D eigenvalue weighted by Gasteiger charge is -2.30. The summed E-state index contributed by atoms with van der Waals surface area (Å²) in [6.07, 6.45) is 10.2. The van der Waals surface area contributed by atoms with Crippen LogP contribution >= 0.6 is 0 Å². The number of aromatic nitrogens is 6. The third kappa shape index (κ3) is 5.05. The van der Waals surface area contributed by atoms with Crippen molar-refractivity contribution in [3.63, 3.8) is 0 Å². The molecule has 200 valence electrons. The lowest BCUT2D eigenvalue weighted by molar-refractivity contribution is 0.206.